The normalized spacial score (nSPS) is 10.7. The quantitative estimate of drug-likeness (QED) is 0.0290. The molecule has 17 heteroatoms. The summed E-state index contributed by atoms with van der Waals surface area (Å²) in [4.78, 5) is 64.2. The summed E-state index contributed by atoms with van der Waals surface area (Å²) in [5, 5.41) is 18.6. The number of carbonyl (C=O) groups excluding carboxylic acids is 5. The lowest BCUT2D eigenvalue weighted by Gasteiger charge is -2.08. The second kappa shape index (κ2) is 37.1. The van der Waals surface area contributed by atoms with Gasteiger partial charge in [-0.25, -0.2) is 4.98 Å². The lowest BCUT2D eigenvalue weighted by molar-refractivity contribution is -0.122. The van der Waals surface area contributed by atoms with Gasteiger partial charge in [0, 0.05) is 83.5 Å². The van der Waals surface area contributed by atoms with Crippen LogP contribution in [0.1, 0.15) is 127 Å². The Labute approximate surface area is 345 Å². The zero-order valence-corrected chi connectivity index (χ0v) is 35.3. The highest BCUT2D eigenvalue weighted by atomic mass is 16.5. The number of hydrogen-bond acceptors (Lipinski definition) is 12. The molecule has 1 rings (SSSR count). The molecule has 0 radical (unpaired) electrons. The van der Waals surface area contributed by atoms with Crippen LogP contribution >= 0.6 is 0 Å². The molecule has 0 saturated carbocycles. The van der Waals surface area contributed by atoms with Crippen molar-refractivity contribution in [2.24, 2.45) is 10.8 Å². The summed E-state index contributed by atoms with van der Waals surface area (Å²) in [6, 6.07) is 3.40. The van der Waals surface area contributed by atoms with Gasteiger partial charge in [-0.05, 0) is 90.3 Å². The predicted octanol–water partition coefficient (Wildman–Crippen LogP) is 3.33. The average molecular weight is 820 g/mol. The number of ether oxygens (including phenoxy) is 3. The molecule has 0 aliphatic heterocycles. The van der Waals surface area contributed by atoms with Crippen LogP contribution in [-0.4, -0.2) is 119 Å². The van der Waals surface area contributed by atoms with E-state index in [1.165, 1.54) is 6.20 Å². The van der Waals surface area contributed by atoms with Crippen LogP contribution in [0.5, 0.6) is 0 Å². The van der Waals surface area contributed by atoms with Crippen molar-refractivity contribution in [1.82, 2.24) is 31.6 Å². The Balaban J connectivity index is 1.82. The van der Waals surface area contributed by atoms with Crippen molar-refractivity contribution in [3.63, 3.8) is 0 Å². The third-order valence-corrected chi connectivity index (χ3v) is 8.52. The summed E-state index contributed by atoms with van der Waals surface area (Å²) >= 11 is 0. The molecule has 1 aromatic heterocycles. The first-order valence-electron chi connectivity index (χ1n) is 21.2. The van der Waals surface area contributed by atoms with Crippen LogP contribution in [0.25, 0.3) is 0 Å². The minimum atomic E-state index is -0.181. The third kappa shape index (κ3) is 32.8. The number of hydrogen-bond donors (Lipinski definition) is 7. The summed E-state index contributed by atoms with van der Waals surface area (Å²) in [5.74, 6) is 0.496. The number of unbranched alkanes of at least 4 members (excludes halogenated alkanes) is 6. The zero-order valence-electron chi connectivity index (χ0n) is 35.3. The number of hydrazone groups is 1. The maximum atomic E-state index is 12.3. The van der Waals surface area contributed by atoms with Gasteiger partial charge in [0.25, 0.3) is 5.91 Å². The summed E-state index contributed by atoms with van der Waals surface area (Å²) in [7, 11) is 0. The number of pyridine rings is 1. The Morgan fingerprint density at radius 3 is 1.36 bits per heavy atom. The van der Waals surface area contributed by atoms with Crippen molar-refractivity contribution in [1.29, 1.82) is 0 Å². The molecular formula is C41H73N9O8. The highest BCUT2D eigenvalue weighted by molar-refractivity contribution is 5.94. The summed E-state index contributed by atoms with van der Waals surface area (Å²) in [6.45, 7) is 10.2. The SMILES string of the molecule is CC(C)=NNc1ccc(C(=O)NCCCCCC(=O)NCCCCCC(=O)NCCCCCC(=O)NCCCOCCOCCOCCCNC(=O)CCCN)cn1. The first kappa shape index (κ1) is 51.8. The maximum Gasteiger partial charge on any atom is 0.252 e. The van der Waals surface area contributed by atoms with E-state index < -0.39 is 0 Å². The van der Waals surface area contributed by atoms with E-state index in [1.54, 1.807) is 12.1 Å². The fourth-order valence-electron chi connectivity index (χ4n) is 5.25. The molecule has 0 aliphatic carbocycles. The van der Waals surface area contributed by atoms with Crippen molar-refractivity contribution in [2.75, 3.05) is 84.3 Å². The van der Waals surface area contributed by atoms with Gasteiger partial charge in [-0.2, -0.15) is 5.10 Å². The van der Waals surface area contributed by atoms with Gasteiger partial charge in [-0.1, -0.05) is 19.3 Å². The third-order valence-electron chi connectivity index (χ3n) is 8.52. The number of nitrogens with two attached hydrogens (primary N) is 1. The molecule has 0 spiro atoms. The van der Waals surface area contributed by atoms with Crippen molar-refractivity contribution in [3.8, 4) is 0 Å². The topological polar surface area (TPSA) is 236 Å². The van der Waals surface area contributed by atoms with Crippen molar-refractivity contribution in [2.45, 2.75) is 117 Å². The van der Waals surface area contributed by atoms with E-state index in [1.807, 2.05) is 13.8 Å². The Kier molecular flexibility index (Phi) is 33.2. The van der Waals surface area contributed by atoms with Crippen LogP contribution in [0.4, 0.5) is 5.82 Å². The molecule has 1 heterocycles. The Hall–Kier alpha value is -4.19. The molecule has 0 atom stereocenters. The molecule has 0 aromatic carbocycles. The summed E-state index contributed by atoms with van der Waals surface area (Å²) in [6.07, 6.45) is 12.9. The lowest BCUT2D eigenvalue weighted by Crippen LogP contribution is -2.26. The van der Waals surface area contributed by atoms with E-state index in [0.29, 0.717) is 122 Å². The van der Waals surface area contributed by atoms with Gasteiger partial charge in [-0.15, -0.1) is 0 Å². The number of nitrogens with zero attached hydrogens (tertiary/aromatic N) is 2. The Bertz CT molecular complexity index is 1280. The molecule has 330 valence electrons. The number of anilines is 1. The highest BCUT2D eigenvalue weighted by Gasteiger charge is 2.07. The largest absolute Gasteiger partial charge is 0.379 e. The predicted molar refractivity (Wildman–Crippen MR) is 226 cm³/mol. The van der Waals surface area contributed by atoms with E-state index in [4.69, 9.17) is 19.9 Å². The van der Waals surface area contributed by atoms with Gasteiger partial charge in [0.15, 0.2) is 0 Å². The first-order chi connectivity index (χ1) is 28.2. The Morgan fingerprint density at radius 1 is 0.534 bits per heavy atom. The first-order valence-corrected chi connectivity index (χ1v) is 21.2. The standard InChI is InChI=1S/C41H73N9O8/c1-34(2)49-50-36-20-19-35(33-48-36)41(55)47-24-11-5-8-16-38(52)44-22-9-3-6-15-37(51)43-23-10-4-7-17-39(53)45-25-13-27-56-29-31-58-32-30-57-28-14-26-46-40(54)18-12-21-42/h19-20,33H,3-18,21-32,42H2,1-2H3,(H,43,51)(H,44,52)(H,45,53)(H,46,54)(H,47,55)(H,48,50). The van der Waals surface area contributed by atoms with Crippen LogP contribution in [0.3, 0.4) is 0 Å². The molecule has 0 unspecified atom stereocenters. The fourth-order valence-corrected chi connectivity index (χ4v) is 5.25. The summed E-state index contributed by atoms with van der Waals surface area (Å²) < 4.78 is 16.5. The number of rotatable bonds is 38. The fraction of sp³-hybridized carbons (Fsp3) is 0.732. The molecule has 58 heavy (non-hydrogen) atoms. The maximum absolute atomic E-state index is 12.3. The van der Waals surface area contributed by atoms with Gasteiger partial charge >= 0.3 is 0 Å². The van der Waals surface area contributed by atoms with Crippen molar-refractivity contribution < 1.29 is 38.2 Å². The minimum Gasteiger partial charge on any atom is -0.379 e. The van der Waals surface area contributed by atoms with E-state index in [-0.39, 0.29) is 29.5 Å². The molecule has 5 amide bonds. The number of nitrogens with one attached hydrogen (secondary N) is 6. The van der Waals surface area contributed by atoms with E-state index in [2.05, 4.69) is 42.1 Å². The molecule has 17 nitrogen and oxygen atoms in total. The van der Waals surface area contributed by atoms with Gasteiger partial charge in [0.05, 0.1) is 32.0 Å². The van der Waals surface area contributed by atoms with Crippen molar-refractivity contribution in [3.05, 3.63) is 23.9 Å². The van der Waals surface area contributed by atoms with Gasteiger partial charge < -0.3 is 46.5 Å². The molecule has 0 aliphatic rings. The van der Waals surface area contributed by atoms with Crippen LogP contribution in [0, 0.1) is 0 Å². The molecule has 1 aromatic rings. The molecular weight excluding hydrogens is 747 g/mol. The minimum absolute atomic E-state index is 0.0239. The molecule has 0 saturated heterocycles. The molecule has 0 fully saturated rings. The van der Waals surface area contributed by atoms with E-state index in [0.717, 1.165) is 76.3 Å². The number of aromatic nitrogens is 1. The van der Waals surface area contributed by atoms with E-state index >= 15 is 0 Å². The van der Waals surface area contributed by atoms with Gasteiger partial charge in [0.1, 0.15) is 5.82 Å². The van der Waals surface area contributed by atoms with E-state index in [9.17, 15) is 24.0 Å². The monoisotopic (exact) mass is 820 g/mol. The second-order valence-corrected chi connectivity index (χ2v) is 14.1. The molecule has 0 bridgehead atoms. The second-order valence-electron chi connectivity index (χ2n) is 14.1. The smallest absolute Gasteiger partial charge is 0.252 e. The van der Waals surface area contributed by atoms with Crippen molar-refractivity contribution >= 4 is 41.1 Å². The highest BCUT2D eigenvalue weighted by Crippen LogP contribution is 2.06. The average Bonchev–Trinajstić information content (AvgIpc) is 3.21. The van der Waals surface area contributed by atoms with Crippen LogP contribution < -0.4 is 37.7 Å². The summed E-state index contributed by atoms with van der Waals surface area (Å²) in [5.41, 5.74) is 9.56. The van der Waals surface area contributed by atoms with Gasteiger partial charge in [0.2, 0.25) is 23.6 Å². The Morgan fingerprint density at radius 2 is 0.948 bits per heavy atom. The van der Waals surface area contributed by atoms with Crippen LogP contribution in [-0.2, 0) is 33.4 Å². The number of carbonyl (C=O) groups is 5. The van der Waals surface area contributed by atoms with Gasteiger partial charge in [-0.3, -0.25) is 29.4 Å². The number of amides is 5. The van der Waals surface area contributed by atoms with Crippen LogP contribution in [0.15, 0.2) is 23.4 Å². The zero-order chi connectivity index (χ0) is 42.3. The molecule has 8 N–H and O–H groups in total. The lowest BCUT2D eigenvalue weighted by atomic mass is 10.1. The van der Waals surface area contributed by atoms with Crippen LogP contribution in [0.2, 0.25) is 0 Å².